The standard InChI is InChI=1S/C23H36O7/c1-4-13(2)23(29)30-20-7-5-6-15-10-19(26)14(3)18(22(15)20)9-8-16(24)11-17(25)12-21(27)28/h5-6,10,13-14,16-20,22,24-26H,4,7-9,11-12H2,1-3H3,(H,27,28)/t13-,14+,16+,17+,18-,19+,20-,22-/m0/s1/i2D3. The van der Waals surface area contributed by atoms with Crippen LogP contribution in [0.15, 0.2) is 23.8 Å². The van der Waals surface area contributed by atoms with E-state index < -0.39 is 55.5 Å². The minimum Gasteiger partial charge on any atom is -0.481 e. The molecule has 0 heterocycles. The molecule has 30 heavy (non-hydrogen) atoms. The van der Waals surface area contributed by atoms with Gasteiger partial charge in [-0.15, -0.1) is 0 Å². The van der Waals surface area contributed by atoms with Crippen LogP contribution in [0.5, 0.6) is 0 Å². The topological polar surface area (TPSA) is 124 Å². The van der Waals surface area contributed by atoms with Gasteiger partial charge in [-0.1, -0.05) is 38.9 Å². The van der Waals surface area contributed by atoms with Gasteiger partial charge in [0.15, 0.2) is 0 Å². The summed E-state index contributed by atoms with van der Waals surface area (Å²) in [5.41, 5.74) is 0.817. The average molecular weight is 428 g/mol. The normalized spacial score (nSPS) is 33.2. The Hall–Kier alpha value is -1.70. The van der Waals surface area contributed by atoms with Crippen molar-refractivity contribution in [2.75, 3.05) is 0 Å². The van der Waals surface area contributed by atoms with Crippen molar-refractivity contribution in [3.05, 3.63) is 23.8 Å². The van der Waals surface area contributed by atoms with Crippen LogP contribution in [0.3, 0.4) is 0 Å². The van der Waals surface area contributed by atoms with E-state index in [4.69, 9.17) is 14.0 Å². The molecule has 0 unspecified atom stereocenters. The van der Waals surface area contributed by atoms with E-state index in [9.17, 15) is 24.9 Å². The lowest BCUT2D eigenvalue weighted by Gasteiger charge is -2.44. The highest BCUT2D eigenvalue weighted by atomic mass is 16.5. The lowest BCUT2D eigenvalue weighted by molar-refractivity contribution is -0.157. The van der Waals surface area contributed by atoms with Gasteiger partial charge >= 0.3 is 11.9 Å². The third-order valence-electron chi connectivity index (χ3n) is 6.25. The highest BCUT2D eigenvalue weighted by Gasteiger charge is 2.43. The summed E-state index contributed by atoms with van der Waals surface area (Å²) in [7, 11) is 0. The Morgan fingerprint density at radius 2 is 2.07 bits per heavy atom. The van der Waals surface area contributed by atoms with Gasteiger partial charge in [-0.2, -0.15) is 0 Å². The van der Waals surface area contributed by atoms with E-state index in [2.05, 4.69) is 0 Å². The Balaban J connectivity index is 2.15. The van der Waals surface area contributed by atoms with Crippen molar-refractivity contribution >= 4 is 11.9 Å². The zero-order chi connectivity index (χ0) is 24.9. The zero-order valence-corrected chi connectivity index (χ0v) is 17.6. The number of hydrogen-bond donors (Lipinski definition) is 4. The van der Waals surface area contributed by atoms with Gasteiger partial charge in [0.05, 0.1) is 30.7 Å². The van der Waals surface area contributed by atoms with Crippen LogP contribution in [-0.2, 0) is 14.3 Å². The lowest BCUT2D eigenvalue weighted by atomic mass is 9.65. The average Bonchev–Trinajstić information content (AvgIpc) is 2.67. The third-order valence-corrected chi connectivity index (χ3v) is 6.25. The molecule has 0 amide bonds. The monoisotopic (exact) mass is 427 g/mol. The maximum Gasteiger partial charge on any atom is 0.308 e. The summed E-state index contributed by atoms with van der Waals surface area (Å²) < 4.78 is 28.6. The van der Waals surface area contributed by atoms with Gasteiger partial charge in [-0.05, 0) is 43.1 Å². The molecule has 0 aromatic heterocycles. The van der Waals surface area contributed by atoms with Crippen molar-refractivity contribution in [3.8, 4) is 0 Å². The number of carboxylic acid groups (broad SMARTS) is 1. The Morgan fingerprint density at radius 3 is 2.70 bits per heavy atom. The fraction of sp³-hybridized carbons (Fsp3) is 0.739. The number of ether oxygens (including phenoxy) is 1. The highest BCUT2D eigenvalue weighted by Crippen LogP contribution is 2.44. The molecule has 0 bridgehead atoms. The molecule has 0 radical (unpaired) electrons. The molecule has 2 aliphatic rings. The fourth-order valence-electron chi connectivity index (χ4n) is 4.49. The van der Waals surface area contributed by atoms with Crippen molar-refractivity contribution in [2.24, 2.45) is 23.7 Å². The van der Waals surface area contributed by atoms with Crippen LogP contribution in [0.2, 0.25) is 0 Å². The van der Waals surface area contributed by atoms with E-state index in [1.807, 2.05) is 19.1 Å². The molecule has 0 aromatic carbocycles. The van der Waals surface area contributed by atoms with Gasteiger partial charge in [-0.3, -0.25) is 9.59 Å². The molecule has 8 atom stereocenters. The molecule has 2 aliphatic carbocycles. The highest BCUT2D eigenvalue weighted by molar-refractivity contribution is 5.72. The van der Waals surface area contributed by atoms with Crippen molar-refractivity contribution in [1.82, 2.24) is 0 Å². The minimum atomic E-state index is -2.45. The summed E-state index contributed by atoms with van der Waals surface area (Å²) in [4.78, 5) is 23.4. The second kappa shape index (κ2) is 11.1. The lowest BCUT2D eigenvalue weighted by Crippen LogP contribution is -2.44. The molecule has 0 saturated heterocycles. The van der Waals surface area contributed by atoms with E-state index in [0.717, 1.165) is 5.57 Å². The van der Waals surface area contributed by atoms with Gasteiger partial charge in [0.2, 0.25) is 0 Å². The van der Waals surface area contributed by atoms with Crippen LogP contribution in [-0.4, -0.2) is 56.8 Å². The SMILES string of the molecule is [2H]C([2H])([2H])[C@@H](CC)C(=O)O[C@H]1CC=CC2=C[C@@H](O)[C@H](C)[C@H](CC[C@@H](O)C[C@@H](O)CC(=O)O)[C@H]21. The summed E-state index contributed by atoms with van der Waals surface area (Å²) in [6.07, 6.45) is 2.85. The maximum absolute atomic E-state index is 12.7. The quantitative estimate of drug-likeness (QED) is 0.395. The molecule has 0 fully saturated rings. The van der Waals surface area contributed by atoms with Crippen LogP contribution in [0.1, 0.15) is 63.3 Å². The van der Waals surface area contributed by atoms with Gasteiger partial charge in [-0.25, -0.2) is 0 Å². The van der Waals surface area contributed by atoms with Crippen LogP contribution in [0.4, 0.5) is 0 Å². The maximum atomic E-state index is 12.7. The third kappa shape index (κ3) is 6.40. The molecule has 2 rings (SSSR count). The first-order chi connectivity index (χ1) is 15.3. The molecule has 170 valence electrons. The second-order valence-corrected chi connectivity index (χ2v) is 8.50. The van der Waals surface area contributed by atoms with Gasteiger partial charge in [0.1, 0.15) is 6.10 Å². The predicted molar refractivity (Wildman–Crippen MR) is 111 cm³/mol. The van der Waals surface area contributed by atoms with Crippen molar-refractivity contribution in [1.29, 1.82) is 0 Å². The summed E-state index contributed by atoms with van der Waals surface area (Å²) in [5, 5.41) is 39.4. The van der Waals surface area contributed by atoms with Crippen molar-refractivity contribution in [3.63, 3.8) is 0 Å². The number of carbonyl (C=O) groups is 2. The number of aliphatic carboxylic acids is 1. The number of esters is 1. The van der Waals surface area contributed by atoms with E-state index >= 15 is 0 Å². The summed E-state index contributed by atoms with van der Waals surface area (Å²) >= 11 is 0. The molecule has 7 heteroatoms. The number of rotatable bonds is 10. The largest absolute Gasteiger partial charge is 0.481 e. The van der Waals surface area contributed by atoms with Gasteiger partial charge in [0, 0.05) is 16.5 Å². The molecule has 0 aliphatic heterocycles. The molecular weight excluding hydrogens is 388 g/mol. The van der Waals surface area contributed by atoms with E-state index in [-0.39, 0.29) is 37.0 Å². The number of aliphatic hydroxyl groups excluding tert-OH is 3. The van der Waals surface area contributed by atoms with Crippen molar-refractivity contribution in [2.45, 2.75) is 83.6 Å². The first kappa shape index (κ1) is 20.2. The Kier molecular flexibility index (Phi) is 7.46. The molecule has 0 aromatic rings. The van der Waals surface area contributed by atoms with Gasteiger partial charge < -0.3 is 25.2 Å². The molecule has 0 saturated carbocycles. The number of carboxylic acids is 1. The molecule has 7 nitrogen and oxygen atoms in total. The first-order valence-corrected chi connectivity index (χ1v) is 10.7. The number of aliphatic hydroxyl groups is 3. The Morgan fingerprint density at radius 1 is 1.33 bits per heavy atom. The fourth-order valence-corrected chi connectivity index (χ4v) is 4.49. The molecule has 0 spiro atoms. The number of allylic oxidation sites excluding steroid dienone is 1. The van der Waals surface area contributed by atoms with Crippen LogP contribution in [0, 0.1) is 23.7 Å². The number of carbonyl (C=O) groups excluding carboxylic acids is 1. The Labute approximate surface area is 182 Å². The number of fused-ring (bicyclic) bond motifs is 1. The van der Waals surface area contributed by atoms with Gasteiger partial charge in [0.25, 0.3) is 0 Å². The smallest absolute Gasteiger partial charge is 0.308 e. The first-order valence-electron chi connectivity index (χ1n) is 12.2. The Bertz CT molecular complexity index is 749. The summed E-state index contributed by atoms with van der Waals surface area (Å²) in [5.74, 6) is -3.74. The van der Waals surface area contributed by atoms with E-state index in [0.29, 0.717) is 12.8 Å². The van der Waals surface area contributed by atoms with Crippen LogP contribution < -0.4 is 0 Å². The van der Waals surface area contributed by atoms with E-state index in [1.165, 1.54) is 0 Å². The molecular formula is C23H36O7. The second-order valence-electron chi connectivity index (χ2n) is 8.50. The van der Waals surface area contributed by atoms with E-state index in [1.54, 1.807) is 13.0 Å². The summed E-state index contributed by atoms with van der Waals surface area (Å²) in [6, 6.07) is 0. The van der Waals surface area contributed by atoms with Crippen LogP contribution >= 0.6 is 0 Å². The minimum absolute atomic E-state index is 0.0710. The van der Waals surface area contributed by atoms with Crippen LogP contribution in [0.25, 0.3) is 0 Å². The molecule has 4 N–H and O–H groups in total. The number of hydrogen-bond acceptors (Lipinski definition) is 6. The summed E-state index contributed by atoms with van der Waals surface area (Å²) in [6.45, 7) is 1.06. The predicted octanol–water partition coefficient (Wildman–Crippen LogP) is 2.44. The van der Waals surface area contributed by atoms with Crippen molar-refractivity contribution < 1.29 is 38.9 Å². The zero-order valence-electron chi connectivity index (χ0n) is 20.6.